The summed E-state index contributed by atoms with van der Waals surface area (Å²) < 4.78 is 0.953. The fraction of sp³-hybridized carbons (Fsp3) is 0.455. The van der Waals surface area contributed by atoms with Gasteiger partial charge in [-0.25, -0.2) is 0 Å². The van der Waals surface area contributed by atoms with Gasteiger partial charge in [-0.3, -0.25) is 0 Å². The molecule has 0 saturated carbocycles. The Morgan fingerprint density at radius 2 is 1.46 bits per heavy atom. The molecule has 0 amide bonds. The van der Waals surface area contributed by atoms with Gasteiger partial charge in [0.15, 0.2) is 5.60 Å². The van der Waals surface area contributed by atoms with E-state index in [2.05, 4.69) is 74.5 Å². The second kappa shape index (κ2) is 7.08. The van der Waals surface area contributed by atoms with Crippen LogP contribution in [0.1, 0.15) is 44.2 Å². The molecule has 2 nitrogen and oxygen atoms in total. The van der Waals surface area contributed by atoms with E-state index >= 15 is 0 Å². The van der Waals surface area contributed by atoms with Gasteiger partial charge in [-0.05, 0) is 13.3 Å². The Morgan fingerprint density at radius 1 is 0.958 bits per heavy atom. The minimum Gasteiger partial charge on any atom is -0.378 e. The highest BCUT2D eigenvalue weighted by molar-refractivity contribution is 5.16. The van der Waals surface area contributed by atoms with E-state index in [9.17, 15) is 5.11 Å². The van der Waals surface area contributed by atoms with Crippen LogP contribution in [-0.4, -0.2) is 27.8 Å². The Balaban J connectivity index is 1.83. The number of likely N-dealkylation sites (tertiary alicyclic amines) is 1. The van der Waals surface area contributed by atoms with Gasteiger partial charge in [-0.1, -0.05) is 80.4 Å². The van der Waals surface area contributed by atoms with Crippen molar-refractivity contribution in [3.63, 3.8) is 0 Å². The average Bonchev–Trinajstić information content (AvgIpc) is 2.61. The Morgan fingerprint density at radius 3 is 1.88 bits per heavy atom. The van der Waals surface area contributed by atoms with E-state index in [1.807, 2.05) is 0 Å². The van der Waals surface area contributed by atoms with Crippen molar-refractivity contribution in [1.29, 1.82) is 0 Å². The summed E-state index contributed by atoms with van der Waals surface area (Å²) in [6.45, 7) is 7.28. The summed E-state index contributed by atoms with van der Waals surface area (Å²) >= 11 is 0. The highest BCUT2D eigenvalue weighted by Gasteiger charge is 2.61. The lowest BCUT2D eigenvalue weighted by molar-refractivity contribution is -1.03. The lowest BCUT2D eigenvalue weighted by atomic mass is 9.76. The quantitative estimate of drug-likeness (QED) is 0.742. The third kappa shape index (κ3) is 3.40. The van der Waals surface area contributed by atoms with Gasteiger partial charge in [0.2, 0.25) is 0 Å². The predicted molar refractivity (Wildman–Crippen MR) is 99.4 cm³/mol. The molecular weight excluding hydrogens is 294 g/mol. The first-order valence-electron chi connectivity index (χ1n) is 9.24. The molecule has 0 aromatic heterocycles. The maximum atomic E-state index is 11.1. The summed E-state index contributed by atoms with van der Waals surface area (Å²) in [5.41, 5.74) is 2.22. The van der Waals surface area contributed by atoms with Gasteiger partial charge in [0, 0.05) is 11.1 Å². The maximum Gasteiger partial charge on any atom is 0.165 e. The van der Waals surface area contributed by atoms with Crippen molar-refractivity contribution in [2.24, 2.45) is 0 Å². The van der Waals surface area contributed by atoms with Crippen molar-refractivity contribution in [2.75, 3.05) is 6.54 Å². The molecule has 2 heteroatoms. The number of quaternary nitrogens is 1. The second-order valence-electron chi connectivity index (χ2n) is 7.55. The molecule has 2 aromatic rings. The van der Waals surface area contributed by atoms with Crippen LogP contribution in [0.4, 0.5) is 0 Å². The van der Waals surface area contributed by atoms with Crippen LogP contribution in [-0.2, 0) is 13.1 Å². The van der Waals surface area contributed by atoms with Crippen LogP contribution in [0.15, 0.2) is 60.7 Å². The molecule has 0 aliphatic carbocycles. The SMILES string of the molecule is CCCC[C@]1(O)C[N+](Cc2ccccc2)(Cc2ccccc2)[C@H]1C. The molecule has 1 N–H and O–H groups in total. The van der Waals surface area contributed by atoms with Crippen molar-refractivity contribution in [2.45, 2.75) is 57.8 Å². The molecule has 2 atom stereocenters. The molecular formula is C22H30NO+. The molecule has 1 saturated heterocycles. The standard InChI is InChI=1S/C22H30NO/c1-3-4-15-22(24)18-23(19(22)2,16-20-11-7-5-8-12-20)17-21-13-9-6-10-14-21/h5-14,19,24H,3-4,15-18H2,1-2H3/q+1/t19-,22-/m0/s1. The molecule has 1 aliphatic heterocycles. The fourth-order valence-electron chi connectivity index (χ4n) is 4.32. The Labute approximate surface area is 146 Å². The molecule has 0 spiro atoms. The Kier molecular flexibility index (Phi) is 5.07. The molecule has 3 rings (SSSR count). The monoisotopic (exact) mass is 324 g/mol. The molecule has 0 unspecified atom stereocenters. The fourth-order valence-corrected chi connectivity index (χ4v) is 4.32. The van der Waals surface area contributed by atoms with Gasteiger partial charge < -0.3 is 9.59 Å². The smallest absolute Gasteiger partial charge is 0.165 e. The molecule has 1 aliphatic rings. The van der Waals surface area contributed by atoms with Crippen LogP contribution in [0, 0.1) is 0 Å². The number of benzene rings is 2. The van der Waals surface area contributed by atoms with E-state index in [0.29, 0.717) is 0 Å². The maximum absolute atomic E-state index is 11.1. The topological polar surface area (TPSA) is 20.2 Å². The summed E-state index contributed by atoms with van der Waals surface area (Å²) in [5.74, 6) is 0. The largest absolute Gasteiger partial charge is 0.378 e. The number of unbranched alkanes of at least 4 members (excludes halogenated alkanes) is 1. The van der Waals surface area contributed by atoms with Crippen LogP contribution >= 0.6 is 0 Å². The molecule has 1 fully saturated rings. The van der Waals surface area contributed by atoms with Gasteiger partial charge in [0.05, 0.1) is 0 Å². The minimum absolute atomic E-state index is 0.268. The molecule has 0 radical (unpaired) electrons. The zero-order valence-corrected chi connectivity index (χ0v) is 15.0. The zero-order chi connectivity index (χ0) is 17.0. The zero-order valence-electron chi connectivity index (χ0n) is 15.0. The van der Waals surface area contributed by atoms with E-state index in [1.165, 1.54) is 11.1 Å². The van der Waals surface area contributed by atoms with Gasteiger partial charge >= 0.3 is 0 Å². The normalized spacial score (nSPS) is 25.2. The molecule has 1 heterocycles. The lowest BCUT2D eigenvalue weighted by Crippen LogP contribution is -2.78. The number of hydrogen-bond donors (Lipinski definition) is 1. The molecule has 0 bridgehead atoms. The summed E-state index contributed by atoms with van der Waals surface area (Å²) in [4.78, 5) is 0. The van der Waals surface area contributed by atoms with Crippen molar-refractivity contribution in [3.8, 4) is 0 Å². The van der Waals surface area contributed by atoms with Crippen molar-refractivity contribution < 1.29 is 9.59 Å². The van der Waals surface area contributed by atoms with Crippen LogP contribution in [0.3, 0.4) is 0 Å². The summed E-state index contributed by atoms with van der Waals surface area (Å²) in [7, 11) is 0. The van der Waals surface area contributed by atoms with E-state index in [4.69, 9.17) is 0 Å². The third-order valence-corrected chi connectivity index (χ3v) is 5.83. The number of hydrogen-bond acceptors (Lipinski definition) is 1. The van der Waals surface area contributed by atoms with Gasteiger partial charge in [-0.15, -0.1) is 0 Å². The van der Waals surface area contributed by atoms with Crippen LogP contribution in [0.25, 0.3) is 0 Å². The van der Waals surface area contributed by atoms with Gasteiger partial charge in [0.1, 0.15) is 25.7 Å². The van der Waals surface area contributed by atoms with E-state index in [-0.39, 0.29) is 6.04 Å². The molecule has 2 aromatic carbocycles. The number of rotatable bonds is 7. The summed E-state index contributed by atoms with van der Waals surface area (Å²) in [5, 5.41) is 11.1. The highest BCUT2D eigenvalue weighted by Crippen LogP contribution is 2.43. The van der Waals surface area contributed by atoms with E-state index in [0.717, 1.165) is 43.4 Å². The average molecular weight is 324 g/mol. The predicted octanol–water partition coefficient (Wildman–Crippen LogP) is 4.53. The molecule has 24 heavy (non-hydrogen) atoms. The minimum atomic E-state index is -0.500. The third-order valence-electron chi connectivity index (χ3n) is 5.83. The van der Waals surface area contributed by atoms with Crippen molar-refractivity contribution >= 4 is 0 Å². The van der Waals surface area contributed by atoms with Gasteiger partial charge in [0.25, 0.3) is 0 Å². The van der Waals surface area contributed by atoms with Crippen molar-refractivity contribution in [3.05, 3.63) is 71.8 Å². The molecule has 128 valence electrons. The number of nitrogens with zero attached hydrogens (tertiary/aromatic N) is 1. The Hall–Kier alpha value is -1.64. The second-order valence-corrected chi connectivity index (χ2v) is 7.55. The van der Waals surface area contributed by atoms with E-state index < -0.39 is 5.60 Å². The first-order chi connectivity index (χ1) is 11.6. The van der Waals surface area contributed by atoms with Crippen LogP contribution in [0.5, 0.6) is 0 Å². The van der Waals surface area contributed by atoms with Crippen molar-refractivity contribution in [1.82, 2.24) is 0 Å². The van der Waals surface area contributed by atoms with E-state index in [1.54, 1.807) is 0 Å². The summed E-state index contributed by atoms with van der Waals surface area (Å²) in [6, 6.07) is 21.7. The first kappa shape index (κ1) is 17.2. The number of aliphatic hydroxyl groups is 1. The lowest BCUT2D eigenvalue weighted by Gasteiger charge is -2.60. The summed E-state index contributed by atoms with van der Waals surface area (Å²) in [6.07, 6.45) is 3.18. The van der Waals surface area contributed by atoms with Crippen LogP contribution < -0.4 is 0 Å². The highest BCUT2D eigenvalue weighted by atomic mass is 16.3. The Bertz CT molecular complexity index is 598. The van der Waals surface area contributed by atoms with Gasteiger partial charge in [-0.2, -0.15) is 0 Å². The first-order valence-corrected chi connectivity index (χ1v) is 9.24. The van der Waals surface area contributed by atoms with Crippen LogP contribution in [0.2, 0.25) is 0 Å².